The number of amides is 1. The molecule has 43 heavy (non-hydrogen) atoms. The fraction of sp³-hybridized carbons (Fsp3) is 0.364. The van der Waals surface area contributed by atoms with Gasteiger partial charge in [0.15, 0.2) is 23.0 Å². The fourth-order valence-electron chi connectivity index (χ4n) is 5.11. The van der Waals surface area contributed by atoms with E-state index in [1.54, 1.807) is 27.4 Å². The molecule has 3 atom stereocenters. The third-order valence-corrected chi connectivity index (χ3v) is 7.25. The summed E-state index contributed by atoms with van der Waals surface area (Å²) in [7, 11) is 6.19. The molecule has 0 spiro atoms. The first-order chi connectivity index (χ1) is 20.8. The lowest BCUT2D eigenvalue weighted by molar-refractivity contribution is -0.0760. The second-order valence-corrected chi connectivity index (χ2v) is 9.91. The molecule has 0 bridgehead atoms. The van der Waals surface area contributed by atoms with Crippen LogP contribution in [0.4, 0.5) is 0 Å². The standard InChI is InChI=1S/C33H37NO9/c1-7-15-42-31-24(25(8-2)34(37)33(36)20-9-11-23(35)12-10-20)16-21(17-28(31)38-3)26-13-14-27(43-26)22-18-29(39-4)32(41-6)30(19-22)40-5/h2,9-12,16-19,25-27,35,37H,7,13-15H2,1,3-6H3. The second-order valence-electron chi connectivity index (χ2n) is 9.91. The number of hydroxylamine groups is 2. The molecule has 228 valence electrons. The largest absolute Gasteiger partial charge is 0.508 e. The molecule has 1 aliphatic heterocycles. The van der Waals surface area contributed by atoms with Gasteiger partial charge in [-0.15, -0.1) is 6.42 Å². The molecule has 0 aliphatic carbocycles. The first-order valence-electron chi connectivity index (χ1n) is 13.9. The van der Waals surface area contributed by atoms with Crippen LogP contribution in [-0.2, 0) is 4.74 Å². The average Bonchev–Trinajstić information content (AvgIpc) is 3.53. The second kappa shape index (κ2) is 14.1. The van der Waals surface area contributed by atoms with Crippen LogP contribution in [0, 0.1) is 12.3 Å². The minimum Gasteiger partial charge on any atom is -0.508 e. The normalized spacial score (nSPS) is 16.6. The molecule has 1 heterocycles. The van der Waals surface area contributed by atoms with E-state index < -0.39 is 11.9 Å². The maximum absolute atomic E-state index is 13.2. The fourth-order valence-corrected chi connectivity index (χ4v) is 5.11. The summed E-state index contributed by atoms with van der Waals surface area (Å²) in [6.45, 7) is 2.32. The summed E-state index contributed by atoms with van der Waals surface area (Å²) in [6, 6.07) is 11.6. The van der Waals surface area contributed by atoms with Gasteiger partial charge in [-0.25, -0.2) is 5.06 Å². The van der Waals surface area contributed by atoms with E-state index in [1.807, 2.05) is 25.1 Å². The number of benzene rings is 3. The van der Waals surface area contributed by atoms with Gasteiger partial charge in [-0.1, -0.05) is 12.8 Å². The Bertz CT molecular complexity index is 1440. The predicted molar refractivity (Wildman–Crippen MR) is 158 cm³/mol. The number of rotatable bonds is 12. The minimum atomic E-state index is -1.21. The lowest BCUT2D eigenvalue weighted by Gasteiger charge is -2.26. The lowest BCUT2D eigenvalue weighted by atomic mass is 9.97. The van der Waals surface area contributed by atoms with Gasteiger partial charge in [-0.2, -0.15) is 0 Å². The maximum Gasteiger partial charge on any atom is 0.278 e. The Hall–Kier alpha value is -4.59. The van der Waals surface area contributed by atoms with Crippen molar-refractivity contribution in [3.63, 3.8) is 0 Å². The molecule has 1 aliphatic rings. The van der Waals surface area contributed by atoms with Crippen LogP contribution >= 0.6 is 0 Å². The van der Waals surface area contributed by atoms with E-state index >= 15 is 0 Å². The summed E-state index contributed by atoms with van der Waals surface area (Å²) in [5.41, 5.74) is 2.14. The van der Waals surface area contributed by atoms with E-state index in [2.05, 4.69) is 5.92 Å². The third-order valence-electron chi connectivity index (χ3n) is 7.25. The molecular weight excluding hydrogens is 554 g/mol. The number of carbonyl (C=O) groups is 1. The summed E-state index contributed by atoms with van der Waals surface area (Å²) in [6.07, 6.45) is 7.39. The third kappa shape index (κ3) is 6.58. The van der Waals surface area contributed by atoms with Crippen molar-refractivity contribution in [2.45, 2.75) is 44.4 Å². The predicted octanol–water partition coefficient (Wildman–Crippen LogP) is 6.01. The summed E-state index contributed by atoms with van der Waals surface area (Å²) in [4.78, 5) is 13.2. The topological polar surface area (TPSA) is 116 Å². The Morgan fingerprint density at radius 3 is 1.95 bits per heavy atom. The highest BCUT2D eigenvalue weighted by molar-refractivity contribution is 5.94. The van der Waals surface area contributed by atoms with Crippen LogP contribution in [0.5, 0.6) is 34.5 Å². The smallest absolute Gasteiger partial charge is 0.278 e. The zero-order valence-corrected chi connectivity index (χ0v) is 25.0. The van der Waals surface area contributed by atoms with Crippen LogP contribution in [-0.4, -0.2) is 56.3 Å². The number of phenolic OH excluding ortho intramolecular Hbond substituents is 1. The molecule has 0 radical (unpaired) electrons. The molecule has 3 aromatic carbocycles. The van der Waals surface area contributed by atoms with E-state index in [4.69, 9.17) is 34.8 Å². The van der Waals surface area contributed by atoms with E-state index in [-0.39, 0.29) is 23.5 Å². The number of ether oxygens (including phenoxy) is 6. The maximum atomic E-state index is 13.2. The van der Waals surface area contributed by atoms with Gasteiger partial charge >= 0.3 is 0 Å². The van der Waals surface area contributed by atoms with Gasteiger partial charge in [0, 0.05) is 11.1 Å². The summed E-state index contributed by atoms with van der Waals surface area (Å²) in [5.74, 6) is 4.05. The molecule has 0 aromatic heterocycles. The quantitative estimate of drug-likeness (QED) is 0.148. The Morgan fingerprint density at radius 1 is 0.930 bits per heavy atom. The van der Waals surface area contributed by atoms with Gasteiger partial charge in [-0.3, -0.25) is 10.0 Å². The van der Waals surface area contributed by atoms with E-state index in [0.29, 0.717) is 65.2 Å². The molecule has 1 saturated heterocycles. The first-order valence-corrected chi connectivity index (χ1v) is 13.9. The monoisotopic (exact) mass is 591 g/mol. The summed E-state index contributed by atoms with van der Waals surface area (Å²) < 4.78 is 34.8. The average molecular weight is 592 g/mol. The molecule has 1 amide bonds. The van der Waals surface area contributed by atoms with E-state index in [1.165, 1.54) is 31.4 Å². The molecule has 1 fully saturated rings. The molecule has 10 heteroatoms. The Kier molecular flexibility index (Phi) is 10.2. The van der Waals surface area contributed by atoms with Gasteiger partial charge < -0.3 is 33.5 Å². The summed E-state index contributed by atoms with van der Waals surface area (Å²) >= 11 is 0. The number of hydrogen-bond acceptors (Lipinski definition) is 9. The minimum absolute atomic E-state index is 0.0105. The van der Waals surface area contributed by atoms with Crippen molar-refractivity contribution in [3.05, 3.63) is 70.8 Å². The Balaban J connectivity index is 1.71. The van der Waals surface area contributed by atoms with Gasteiger partial charge in [0.1, 0.15) is 11.8 Å². The zero-order chi connectivity index (χ0) is 31.1. The van der Waals surface area contributed by atoms with Crippen LogP contribution in [0.15, 0.2) is 48.5 Å². The molecule has 3 unspecified atom stereocenters. The van der Waals surface area contributed by atoms with Gasteiger partial charge in [0.2, 0.25) is 5.75 Å². The number of terminal acetylenes is 1. The van der Waals surface area contributed by atoms with Crippen LogP contribution < -0.4 is 23.7 Å². The van der Waals surface area contributed by atoms with Gasteiger partial charge in [-0.05, 0) is 78.9 Å². The van der Waals surface area contributed by atoms with Crippen molar-refractivity contribution in [1.29, 1.82) is 0 Å². The highest BCUT2D eigenvalue weighted by Gasteiger charge is 2.33. The van der Waals surface area contributed by atoms with Crippen molar-refractivity contribution in [3.8, 4) is 46.8 Å². The molecule has 10 nitrogen and oxygen atoms in total. The number of carbonyl (C=O) groups excluding carboxylic acids is 1. The number of aromatic hydroxyl groups is 1. The highest BCUT2D eigenvalue weighted by atomic mass is 16.5. The molecular formula is C33H37NO9. The number of hydrogen-bond donors (Lipinski definition) is 2. The van der Waals surface area contributed by atoms with Crippen molar-refractivity contribution >= 4 is 5.91 Å². The summed E-state index contributed by atoms with van der Waals surface area (Å²) in [5, 5.41) is 21.2. The van der Waals surface area contributed by atoms with Crippen LogP contribution in [0.1, 0.15) is 71.5 Å². The Morgan fingerprint density at radius 2 is 1.47 bits per heavy atom. The van der Waals surface area contributed by atoms with Gasteiger partial charge in [0.05, 0.1) is 47.3 Å². The Labute approximate surface area is 251 Å². The zero-order valence-electron chi connectivity index (χ0n) is 25.0. The van der Waals surface area contributed by atoms with Gasteiger partial charge in [0.25, 0.3) is 5.91 Å². The van der Waals surface area contributed by atoms with Crippen molar-refractivity contribution in [1.82, 2.24) is 5.06 Å². The number of phenols is 1. The van der Waals surface area contributed by atoms with E-state index in [9.17, 15) is 15.1 Å². The van der Waals surface area contributed by atoms with Crippen LogP contribution in [0.2, 0.25) is 0 Å². The van der Waals surface area contributed by atoms with E-state index in [0.717, 1.165) is 11.1 Å². The first kappa shape index (κ1) is 31.3. The SMILES string of the molecule is C#CC(c1cc(C2CCC(c3cc(OC)c(OC)c(OC)c3)O2)cc(OC)c1OCCC)N(O)C(=O)c1ccc(O)cc1. The van der Waals surface area contributed by atoms with Crippen LogP contribution in [0.3, 0.4) is 0 Å². The number of nitrogens with zero attached hydrogens (tertiary/aromatic N) is 1. The molecule has 3 aromatic rings. The number of methoxy groups -OCH3 is 4. The molecule has 4 rings (SSSR count). The molecule has 2 N–H and O–H groups in total. The van der Waals surface area contributed by atoms with Crippen molar-refractivity contribution < 1.29 is 43.5 Å². The van der Waals surface area contributed by atoms with Crippen LogP contribution in [0.25, 0.3) is 0 Å². The molecule has 0 saturated carbocycles. The highest BCUT2D eigenvalue weighted by Crippen LogP contribution is 2.48. The van der Waals surface area contributed by atoms with Crippen molar-refractivity contribution in [2.24, 2.45) is 0 Å². The lowest BCUT2D eigenvalue weighted by Crippen LogP contribution is -2.31. The van der Waals surface area contributed by atoms with Crippen molar-refractivity contribution in [2.75, 3.05) is 35.0 Å².